The largest absolute Gasteiger partial charge is 0.394 e. The van der Waals surface area contributed by atoms with E-state index in [2.05, 4.69) is 15.0 Å². The van der Waals surface area contributed by atoms with E-state index in [1.807, 2.05) is 4.57 Å². The first-order valence-electron chi connectivity index (χ1n) is 5.43. The summed E-state index contributed by atoms with van der Waals surface area (Å²) in [5, 5.41) is 9.14. The summed E-state index contributed by atoms with van der Waals surface area (Å²) in [6.07, 6.45) is 4.31. The molecule has 4 heterocycles. The van der Waals surface area contributed by atoms with Gasteiger partial charge in [-0.15, -0.1) is 0 Å². The van der Waals surface area contributed by atoms with Gasteiger partial charge in [0.2, 0.25) is 0 Å². The van der Waals surface area contributed by atoms with E-state index in [0.717, 1.165) is 11.2 Å². The molecule has 1 N–H and O–H groups in total. The maximum absolute atomic E-state index is 9.14. The minimum Gasteiger partial charge on any atom is -0.394 e. The number of rotatable bonds is 2. The van der Waals surface area contributed by atoms with Gasteiger partial charge in [-0.05, 0) is 0 Å². The Labute approximate surface area is 96.0 Å². The Bertz CT molecular complexity index is 571. The number of aliphatic hydroxyl groups is 1. The van der Waals surface area contributed by atoms with Gasteiger partial charge in [0.05, 0.1) is 19.1 Å². The van der Waals surface area contributed by atoms with Crippen LogP contribution in [0.5, 0.6) is 0 Å². The van der Waals surface area contributed by atoms with Gasteiger partial charge in [0, 0.05) is 0 Å². The smallest absolute Gasteiger partial charge is 0.166 e. The van der Waals surface area contributed by atoms with Gasteiger partial charge in [-0.25, -0.2) is 15.0 Å². The molecule has 0 aromatic carbocycles. The second kappa shape index (κ2) is 3.22. The molecule has 0 unspecified atom stereocenters. The fourth-order valence-corrected chi connectivity index (χ4v) is 2.34. The summed E-state index contributed by atoms with van der Waals surface area (Å²) in [7, 11) is 0. The molecular formula is C10H10N4O3. The topological polar surface area (TPSA) is 85.6 Å². The van der Waals surface area contributed by atoms with E-state index >= 15 is 0 Å². The van der Waals surface area contributed by atoms with Crippen molar-refractivity contribution in [2.75, 3.05) is 6.61 Å². The molecule has 2 fully saturated rings. The van der Waals surface area contributed by atoms with E-state index in [0.29, 0.717) is 0 Å². The molecule has 17 heavy (non-hydrogen) atoms. The summed E-state index contributed by atoms with van der Waals surface area (Å²) in [5.74, 6) is 0. The van der Waals surface area contributed by atoms with Crippen molar-refractivity contribution in [3.63, 3.8) is 0 Å². The summed E-state index contributed by atoms with van der Waals surface area (Å²) in [4.78, 5) is 12.3. The van der Waals surface area contributed by atoms with E-state index < -0.39 is 0 Å². The lowest BCUT2D eigenvalue weighted by Crippen LogP contribution is -2.22. The normalized spacial score (nSPS) is 35.1. The number of imidazole rings is 1. The van der Waals surface area contributed by atoms with Crippen LogP contribution in [-0.4, -0.2) is 49.5 Å². The van der Waals surface area contributed by atoms with Crippen molar-refractivity contribution in [2.24, 2.45) is 0 Å². The molecule has 2 aromatic rings. The number of hydrogen-bond donors (Lipinski definition) is 1. The van der Waals surface area contributed by atoms with Crippen LogP contribution in [0, 0.1) is 0 Å². The first kappa shape index (κ1) is 9.46. The van der Waals surface area contributed by atoms with Crippen LogP contribution in [0.1, 0.15) is 6.23 Å². The predicted octanol–water partition coefficient (Wildman–Crippen LogP) is -0.517. The second-order valence-corrected chi connectivity index (χ2v) is 4.20. The van der Waals surface area contributed by atoms with Crippen molar-refractivity contribution in [3.8, 4) is 0 Å². The number of aliphatic hydroxyl groups excluding tert-OH is 1. The molecule has 2 aliphatic rings. The number of aromatic nitrogens is 4. The third-order valence-corrected chi connectivity index (χ3v) is 3.22. The standard InChI is InChI=1S/C10H10N4O3/c15-2-6-7-8(17-7)10(16-6)14-4-13-5-1-11-3-12-9(5)14/h1,3-4,6-8,10,15H,2H2/t6-,7+,8+,10-/m1/s1. The van der Waals surface area contributed by atoms with Crippen molar-refractivity contribution < 1.29 is 14.6 Å². The minimum atomic E-state index is -0.253. The highest BCUT2D eigenvalue weighted by molar-refractivity contribution is 5.69. The Morgan fingerprint density at radius 3 is 3.06 bits per heavy atom. The van der Waals surface area contributed by atoms with Crippen LogP contribution in [0.25, 0.3) is 11.2 Å². The number of hydrogen-bond acceptors (Lipinski definition) is 6. The molecule has 0 radical (unpaired) electrons. The molecule has 4 rings (SSSR count). The van der Waals surface area contributed by atoms with Gasteiger partial charge >= 0.3 is 0 Å². The van der Waals surface area contributed by atoms with E-state index in [1.54, 1.807) is 12.5 Å². The third kappa shape index (κ3) is 1.24. The third-order valence-electron chi connectivity index (χ3n) is 3.22. The SMILES string of the molecule is OC[C@H]1O[C@@H](n2cnc3cncnc32)[C@H]2O[C@H]21. The van der Waals surface area contributed by atoms with E-state index in [-0.39, 0.29) is 31.1 Å². The number of fused-ring (bicyclic) bond motifs is 2. The van der Waals surface area contributed by atoms with Crippen molar-refractivity contribution in [2.45, 2.75) is 24.5 Å². The molecule has 4 atom stereocenters. The quantitative estimate of drug-likeness (QED) is 0.704. The molecule has 0 amide bonds. The molecule has 2 aliphatic heterocycles. The second-order valence-electron chi connectivity index (χ2n) is 4.20. The lowest BCUT2D eigenvalue weighted by atomic mass is 10.2. The van der Waals surface area contributed by atoms with Crippen LogP contribution in [0.4, 0.5) is 0 Å². The summed E-state index contributed by atoms with van der Waals surface area (Å²) < 4.78 is 13.0. The lowest BCUT2D eigenvalue weighted by molar-refractivity contribution is -0.0823. The Hall–Kier alpha value is -1.57. The first-order valence-corrected chi connectivity index (χ1v) is 5.43. The average molecular weight is 234 g/mol. The van der Waals surface area contributed by atoms with Gasteiger partial charge in [-0.2, -0.15) is 0 Å². The number of nitrogens with zero attached hydrogens (tertiary/aromatic N) is 4. The molecule has 7 nitrogen and oxygen atoms in total. The molecule has 0 aliphatic carbocycles. The summed E-state index contributed by atoms with van der Waals surface area (Å²) in [5.41, 5.74) is 1.44. The molecule has 2 aromatic heterocycles. The Balaban J connectivity index is 1.76. The Kier molecular flexibility index (Phi) is 1.79. The van der Waals surface area contributed by atoms with Crippen molar-refractivity contribution >= 4 is 11.2 Å². The van der Waals surface area contributed by atoms with Gasteiger partial charge in [0.1, 0.15) is 30.2 Å². The maximum Gasteiger partial charge on any atom is 0.166 e. The molecule has 0 bridgehead atoms. The van der Waals surface area contributed by atoms with Gasteiger partial charge < -0.3 is 14.6 Å². The molecule has 2 saturated heterocycles. The predicted molar refractivity (Wildman–Crippen MR) is 55.0 cm³/mol. The van der Waals surface area contributed by atoms with Crippen LogP contribution < -0.4 is 0 Å². The highest BCUT2D eigenvalue weighted by atomic mass is 16.7. The molecule has 0 saturated carbocycles. The molecule has 7 heteroatoms. The molecular weight excluding hydrogens is 224 g/mol. The summed E-state index contributed by atoms with van der Waals surface area (Å²) >= 11 is 0. The Morgan fingerprint density at radius 2 is 2.24 bits per heavy atom. The fraction of sp³-hybridized carbons (Fsp3) is 0.500. The first-order chi connectivity index (χ1) is 8.38. The number of epoxide rings is 1. The van der Waals surface area contributed by atoms with E-state index in [4.69, 9.17) is 14.6 Å². The fourth-order valence-electron chi connectivity index (χ4n) is 2.34. The zero-order chi connectivity index (χ0) is 11.4. The van der Waals surface area contributed by atoms with Crippen LogP contribution >= 0.6 is 0 Å². The Morgan fingerprint density at radius 1 is 1.29 bits per heavy atom. The summed E-state index contributed by atoms with van der Waals surface area (Å²) in [6.45, 7) is -0.0285. The van der Waals surface area contributed by atoms with Crippen molar-refractivity contribution in [3.05, 3.63) is 18.9 Å². The van der Waals surface area contributed by atoms with Crippen molar-refractivity contribution in [1.82, 2.24) is 19.5 Å². The van der Waals surface area contributed by atoms with Gasteiger partial charge in [0.15, 0.2) is 11.9 Å². The highest BCUT2D eigenvalue weighted by Gasteiger charge is 2.58. The maximum atomic E-state index is 9.14. The average Bonchev–Trinajstić information content (AvgIpc) is 2.91. The number of ether oxygens (including phenoxy) is 2. The van der Waals surface area contributed by atoms with Gasteiger partial charge in [-0.3, -0.25) is 4.57 Å². The molecule has 0 spiro atoms. The van der Waals surface area contributed by atoms with Crippen LogP contribution in [0.3, 0.4) is 0 Å². The zero-order valence-electron chi connectivity index (χ0n) is 8.80. The van der Waals surface area contributed by atoms with Gasteiger partial charge in [-0.1, -0.05) is 0 Å². The monoisotopic (exact) mass is 234 g/mol. The van der Waals surface area contributed by atoms with Crippen molar-refractivity contribution in [1.29, 1.82) is 0 Å². The van der Waals surface area contributed by atoms with E-state index in [1.165, 1.54) is 6.33 Å². The summed E-state index contributed by atoms with van der Waals surface area (Å²) in [6, 6.07) is 0. The minimum absolute atomic E-state index is 0.000449. The van der Waals surface area contributed by atoms with Crippen LogP contribution in [-0.2, 0) is 9.47 Å². The zero-order valence-corrected chi connectivity index (χ0v) is 8.80. The van der Waals surface area contributed by atoms with Crippen LogP contribution in [0.2, 0.25) is 0 Å². The van der Waals surface area contributed by atoms with Gasteiger partial charge in [0.25, 0.3) is 0 Å². The lowest BCUT2D eigenvalue weighted by Gasteiger charge is -2.17. The van der Waals surface area contributed by atoms with Crippen LogP contribution in [0.15, 0.2) is 18.9 Å². The van der Waals surface area contributed by atoms with E-state index in [9.17, 15) is 0 Å². The molecule has 88 valence electrons. The highest BCUT2D eigenvalue weighted by Crippen LogP contribution is 2.45.